The second-order valence-corrected chi connectivity index (χ2v) is 8.63. The van der Waals surface area contributed by atoms with Crippen LogP contribution in [-0.2, 0) is 4.79 Å². The molecule has 0 aromatic heterocycles. The lowest BCUT2D eigenvalue weighted by Crippen LogP contribution is -2.45. The van der Waals surface area contributed by atoms with Crippen LogP contribution in [0.3, 0.4) is 0 Å². The number of urea groups is 1. The summed E-state index contributed by atoms with van der Waals surface area (Å²) < 4.78 is 6.04. The molecule has 2 aliphatic rings. The van der Waals surface area contributed by atoms with Gasteiger partial charge in [-0.05, 0) is 75.3 Å². The number of amides is 3. The Morgan fingerprint density at radius 3 is 2.45 bits per heavy atom. The van der Waals surface area contributed by atoms with Crippen LogP contribution in [0.1, 0.15) is 44.1 Å². The largest absolute Gasteiger partial charge is 0.490 e. The molecule has 1 aliphatic heterocycles. The van der Waals surface area contributed by atoms with Crippen molar-refractivity contribution in [1.29, 1.82) is 0 Å². The third-order valence-corrected chi connectivity index (χ3v) is 6.06. The highest BCUT2D eigenvalue weighted by Gasteiger charge is 2.28. The second kappa shape index (κ2) is 9.86. The van der Waals surface area contributed by atoms with E-state index in [4.69, 9.17) is 4.74 Å². The second-order valence-electron chi connectivity index (χ2n) is 8.63. The molecule has 1 heterocycles. The number of nitrogens with one attached hydrogen (secondary N) is 2. The molecular formula is C25H31N3O3. The summed E-state index contributed by atoms with van der Waals surface area (Å²) >= 11 is 0. The molecule has 2 aromatic rings. The summed E-state index contributed by atoms with van der Waals surface area (Å²) in [6.45, 7) is 3.07. The number of benzene rings is 2. The smallest absolute Gasteiger partial charge is 0.321 e. The summed E-state index contributed by atoms with van der Waals surface area (Å²) in [4.78, 5) is 27.3. The SMILES string of the molecule is Cc1cccc(NC(=O)N2CCCC(C(=O)Nc3cccc(OC4CCCC4)c3)C2)c1. The molecule has 3 amide bonds. The summed E-state index contributed by atoms with van der Waals surface area (Å²) in [6.07, 6.45) is 6.50. The molecular weight excluding hydrogens is 390 g/mol. The van der Waals surface area contributed by atoms with Crippen molar-refractivity contribution < 1.29 is 14.3 Å². The van der Waals surface area contributed by atoms with Crippen molar-refractivity contribution in [3.8, 4) is 5.75 Å². The zero-order valence-electron chi connectivity index (χ0n) is 18.1. The van der Waals surface area contributed by atoms with Crippen molar-refractivity contribution in [1.82, 2.24) is 4.90 Å². The van der Waals surface area contributed by atoms with Crippen LogP contribution in [0.5, 0.6) is 5.75 Å². The van der Waals surface area contributed by atoms with Gasteiger partial charge in [-0.25, -0.2) is 4.79 Å². The molecule has 0 radical (unpaired) electrons. The summed E-state index contributed by atoms with van der Waals surface area (Å²) in [6, 6.07) is 15.2. The van der Waals surface area contributed by atoms with Crippen molar-refractivity contribution in [3.05, 3.63) is 54.1 Å². The average molecular weight is 422 g/mol. The minimum Gasteiger partial charge on any atom is -0.490 e. The fraction of sp³-hybridized carbons (Fsp3) is 0.440. The molecule has 6 nitrogen and oxygen atoms in total. The Morgan fingerprint density at radius 2 is 1.68 bits per heavy atom. The minimum absolute atomic E-state index is 0.0499. The van der Waals surface area contributed by atoms with Crippen LogP contribution in [0, 0.1) is 12.8 Å². The van der Waals surface area contributed by atoms with E-state index in [1.54, 1.807) is 4.90 Å². The van der Waals surface area contributed by atoms with E-state index in [1.165, 1.54) is 12.8 Å². The monoisotopic (exact) mass is 421 g/mol. The number of hydrogen-bond donors (Lipinski definition) is 2. The van der Waals surface area contributed by atoms with Gasteiger partial charge >= 0.3 is 6.03 Å². The molecule has 0 bridgehead atoms. The van der Waals surface area contributed by atoms with Gasteiger partial charge < -0.3 is 20.3 Å². The molecule has 1 aliphatic carbocycles. The third-order valence-electron chi connectivity index (χ3n) is 6.06. The maximum Gasteiger partial charge on any atom is 0.321 e. The number of aryl methyl sites for hydroxylation is 1. The van der Waals surface area contributed by atoms with Gasteiger partial charge in [0.1, 0.15) is 5.75 Å². The molecule has 1 unspecified atom stereocenters. The molecule has 31 heavy (non-hydrogen) atoms. The van der Waals surface area contributed by atoms with E-state index in [9.17, 15) is 9.59 Å². The zero-order chi connectivity index (χ0) is 21.6. The number of hydrogen-bond acceptors (Lipinski definition) is 3. The van der Waals surface area contributed by atoms with Gasteiger partial charge in [0.2, 0.25) is 5.91 Å². The van der Waals surface area contributed by atoms with Gasteiger partial charge in [-0.1, -0.05) is 18.2 Å². The lowest BCUT2D eigenvalue weighted by atomic mass is 9.97. The first-order valence-electron chi connectivity index (χ1n) is 11.3. The molecule has 1 saturated carbocycles. The highest BCUT2D eigenvalue weighted by atomic mass is 16.5. The van der Waals surface area contributed by atoms with Crippen LogP contribution in [0.15, 0.2) is 48.5 Å². The molecule has 1 atom stereocenters. The van der Waals surface area contributed by atoms with Crippen molar-refractivity contribution in [2.75, 3.05) is 23.7 Å². The van der Waals surface area contributed by atoms with Crippen LogP contribution in [0.2, 0.25) is 0 Å². The molecule has 2 fully saturated rings. The highest BCUT2D eigenvalue weighted by molar-refractivity contribution is 5.94. The fourth-order valence-corrected chi connectivity index (χ4v) is 4.39. The number of piperidine rings is 1. The van der Waals surface area contributed by atoms with E-state index in [-0.39, 0.29) is 24.0 Å². The molecule has 2 aromatic carbocycles. The summed E-state index contributed by atoms with van der Waals surface area (Å²) in [5.41, 5.74) is 2.60. The quantitative estimate of drug-likeness (QED) is 0.697. The van der Waals surface area contributed by atoms with E-state index >= 15 is 0 Å². The lowest BCUT2D eigenvalue weighted by Gasteiger charge is -2.32. The van der Waals surface area contributed by atoms with E-state index in [0.717, 1.165) is 48.4 Å². The van der Waals surface area contributed by atoms with E-state index in [0.29, 0.717) is 13.1 Å². The van der Waals surface area contributed by atoms with Crippen LogP contribution >= 0.6 is 0 Å². The Hall–Kier alpha value is -3.02. The third kappa shape index (κ3) is 5.78. The first kappa shape index (κ1) is 21.2. The predicted octanol–water partition coefficient (Wildman–Crippen LogP) is 5.20. The normalized spacial score (nSPS) is 19.1. The van der Waals surface area contributed by atoms with Gasteiger partial charge in [0.05, 0.1) is 12.0 Å². The molecule has 1 saturated heterocycles. The van der Waals surface area contributed by atoms with Crippen molar-refractivity contribution >= 4 is 23.3 Å². The highest BCUT2D eigenvalue weighted by Crippen LogP contribution is 2.26. The Kier molecular flexibility index (Phi) is 6.75. The molecule has 0 spiro atoms. The predicted molar refractivity (Wildman–Crippen MR) is 122 cm³/mol. The van der Waals surface area contributed by atoms with Crippen molar-refractivity contribution in [2.24, 2.45) is 5.92 Å². The van der Waals surface area contributed by atoms with Crippen molar-refractivity contribution in [3.63, 3.8) is 0 Å². The number of nitrogens with zero attached hydrogens (tertiary/aromatic N) is 1. The molecule has 2 N–H and O–H groups in total. The fourth-order valence-electron chi connectivity index (χ4n) is 4.39. The zero-order valence-corrected chi connectivity index (χ0v) is 18.1. The molecule has 4 rings (SSSR count). The first-order valence-corrected chi connectivity index (χ1v) is 11.3. The maximum absolute atomic E-state index is 12.9. The Morgan fingerprint density at radius 1 is 0.935 bits per heavy atom. The Bertz CT molecular complexity index is 924. The standard InChI is InChI=1S/C25H31N3O3/c1-18-7-4-9-20(15-18)27-25(30)28-14-6-8-19(17-28)24(29)26-21-10-5-13-23(16-21)31-22-11-2-3-12-22/h4-5,7,9-10,13,15-16,19,22H,2-3,6,8,11-12,14,17H2,1H3,(H,26,29)(H,27,30). The number of anilines is 2. The maximum atomic E-state index is 12.9. The summed E-state index contributed by atoms with van der Waals surface area (Å²) in [5.74, 6) is 0.523. The Labute approximate surface area is 184 Å². The van der Waals surface area contributed by atoms with Crippen LogP contribution in [-0.4, -0.2) is 36.0 Å². The van der Waals surface area contributed by atoms with Gasteiger partial charge in [-0.15, -0.1) is 0 Å². The summed E-state index contributed by atoms with van der Waals surface area (Å²) in [5, 5.41) is 5.96. The number of ether oxygens (including phenoxy) is 1. The van der Waals surface area contributed by atoms with Gasteiger partial charge in [0.15, 0.2) is 0 Å². The van der Waals surface area contributed by atoms with Crippen LogP contribution in [0.25, 0.3) is 0 Å². The number of rotatable bonds is 5. The average Bonchev–Trinajstić information content (AvgIpc) is 3.27. The number of carbonyl (C=O) groups is 2. The van der Waals surface area contributed by atoms with E-state index in [1.807, 2.05) is 55.5 Å². The lowest BCUT2D eigenvalue weighted by molar-refractivity contribution is -0.121. The van der Waals surface area contributed by atoms with Crippen LogP contribution < -0.4 is 15.4 Å². The van der Waals surface area contributed by atoms with Crippen molar-refractivity contribution in [2.45, 2.75) is 51.6 Å². The van der Waals surface area contributed by atoms with Gasteiger partial charge in [-0.2, -0.15) is 0 Å². The Balaban J connectivity index is 1.32. The minimum atomic E-state index is -0.226. The molecule has 164 valence electrons. The number of carbonyl (C=O) groups excluding carboxylic acids is 2. The van der Waals surface area contributed by atoms with Gasteiger partial charge in [-0.3, -0.25) is 4.79 Å². The molecule has 6 heteroatoms. The topological polar surface area (TPSA) is 70.7 Å². The van der Waals surface area contributed by atoms with E-state index in [2.05, 4.69) is 10.6 Å². The van der Waals surface area contributed by atoms with Gasteiger partial charge in [0.25, 0.3) is 0 Å². The summed E-state index contributed by atoms with van der Waals surface area (Å²) in [7, 11) is 0. The first-order chi connectivity index (χ1) is 15.1. The number of likely N-dealkylation sites (tertiary alicyclic amines) is 1. The van der Waals surface area contributed by atoms with Gasteiger partial charge in [0, 0.05) is 30.5 Å². The van der Waals surface area contributed by atoms with Crippen LogP contribution in [0.4, 0.5) is 16.2 Å². The van der Waals surface area contributed by atoms with E-state index < -0.39 is 0 Å².